The highest BCUT2D eigenvalue weighted by Crippen LogP contribution is 2.23. The van der Waals surface area contributed by atoms with Crippen LogP contribution in [0.5, 0.6) is 0 Å². The fraction of sp³-hybridized carbons (Fsp3) is 0.857. The summed E-state index contributed by atoms with van der Waals surface area (Å²) in [5, 5.41) is 6.44. The van der Waals surface area contributed by atoms with Gasteiger partial charge in [0.15, 0.2) is 0 Å². The maximum atomic E-state index is 12.4. The van der Waals surface area contributed by atoms with Crippen LogP contribution in [0, 0.1) is 5.92 Å². The molecule has 2 fully saturated rings. The van der Waals surface area contributed by atoms with Crippen molar-refractivity contribution in [2.24, 2.45) is 5.92 Å². The summed E-state index contributed by atoms with van der Waals surface area (Å²) in [6.45, 7) is 6.02. The maximum Gasteiger partial charge on any atom is 0.243 e. The van der Waals surface area contributed by atoms with Crippen molar-refractivity contribution < 1.29 is 9.59 Å². The third kappa shape index (κ3) is 4.76. The molecule has 0 radical (unpaired) electrons. The van der Waals surface area contributed by atoms with Gasteiger partial charge < -0.3 is 15.5 Å². The Kier molecular flexibility index (Phi) is 7.84. The molecular formula is C14H26ClN3O2S. The Bertz CT molecular complexity index is 370. The molecule has 0 aromatic heterocycles. The molecular weight excluding hydrogens is 310 g/mol. The Morgan fingerprint density at radius 2 is 2.19 bits per heavy atom. The van der Waals surface area contributed by atoms with E-state index in [2.05, 4.69) is 17.6 Å². The topological polar surface area (TPSA) is 61.4 Å². The van der Waals surface area contributed by atoms with Crippen LogP contribution >= 0.6 is 24.2 Å². The monoisotopic (exact) mass is 335 g/mol. The van der Waals surface area contributed by atoms with E-state index in [4.69, 9.17) is 0 Å². The van der Waals surface area contributed by atoms with Crippen molar-refractivity contribution >= 4 is 36.0 Å². The van der Waals surface area contributed by atoms with Gasteiger partial charge in [-0.15, -0.1) is 24.2 Å². The lowest BCUT2D eigenvalue weighted by Crippen LogP contribution is -2.55. The third-order valence-corrected chi connectivity index (χ3v) is 5.14. The molecule has 5 nitrogen and oxygen atoms in total. The molecule has 7 heteroatoms. The van der Waals surface area contributed by atoms with Gasteiger partial charge in [0.2, 0.25) is 11.8 Å². The summed E-state index contributed by atoms with van der Waals surface area (Å²) in [4.78, 5) is 26.2. The highest BCUT2D eigenvalue weighted by Gasteiger charge is 2.35. The molecule has 3 unspecified atom stereocenters. The molecule has 0 aromatic rings. The van der Waals surface area contributed by atoms with Crippen molar-refractivity contribution in [2.45, 2.75) is 45.2 Å². The predicted molar refractivity (Wildman–Crippen MR) is 88.7 cm³/mol. The zero-order valence-corrected chi connectivity index (χ0v) is 14.4. The summed E-state index contributed by atoms with van der Waals surface area (Å²) in [6.07, 6.45) is 2.45. The van der Waals surface area contributed by atoms with Gasteiger partial charge in [0.1, 0.15) is 6.04 Å². The summed E-state index contributed by atoms with van der Waals surface area (Å²) in [6, 6.07) is -0.0989. The summed E-state index contributed by atoms with van der Waals surface area (Å²) < 4.78 is 0. The van der Waals surface area contributed by atoms with Gasteiger partial charge in [-0.1, -0.05) is 13.8 Å². The lowest BCUT2D eigenvalue weighted by atomic mass is 9.94. The van der Waals surface area contributed by atoms with Crippen LogP contribution in [0.3, 0.4) is 0 Å². The van der Waals surface area contributed by atoms with E-state index in [1.807, 2.05) is 6.92 Å². The minimum Gasteiger partial charge on any atom is -0.350 e. The van der Waals surface area contributed by atoms with E-state index in [0.29, 0.717) is 18.2 Å². The number of hydrogen-bond acceptors (Lipinski definition) is 4. The van der Waals surface area contributed by atoms with Gasteiger partial charge in [0.05, 0.1) is 5.88 Å². The first kappa shape index (κ1) is 18.6. The standard InChI is InChI=1S/C14H25N3O2S.ClH/c1-3-4-13(18)17-9-20-8-12(17)14(19)16-11-7-15-6-5-10(11)2;/h10-12,15H,3-9H2,1-2H3,(H,16,19);1H. The number of carbonyl (C=O) groups excluding carboxylic acids is 2. The van der Waals surface area contributed by atoms with E-state index in [1.54, 1.807) is 16.7 Å². The molecule has 2 heterocycles. The van der Waals surface area contributed by atoms with Crippen molar-refractivity contribution in [3.8, 4) is 0 Å². The Morgan fingerprint density at radius 1 is 1.43 bits per heavy atom. The van der Waals surface area contributed by atoms with Crippen LogP contribution in [0.2, 0.25) is 0 Å². The Hall–Kier alpha value is -0.460. The molecule has 0 aromatic carbocycles. The minimum absolute atomic E-state index is 0. The fourth-order valence-electron chi connectivity index (χ4n) is 2.73. The van der Waals surface area contributed by atoms with Crippen molar-refractivity contribution in [3.63, 3.8) is 0 Å². The molecule has 2 rings (SSSR count). The molecule has 3 atom stereocenters. The largest absolute Gasteiger partial charge is 0.350 e. The lowest BCUT2D eigenvalue weighted by molar-refractivity contribution is -0.138. The quantitative estimate of drug-likeness (QED) is 0.811. The van der Waals surface area contributed by atoms with Crippen molar-refractivity contribution in [2.75, 3.05) is 24.7 Å². The highest BCUT2D eigenvalue weighted by atomic mass is 35.5. The number of thioether (sulfide) groups is 1. The van der Waals surface area contributed by atoms with Crippen molar-refractivity contribution in [1.29, 1.82) is 0 Å². The van der Waals surface area contributed by atoms with E-state index in [-0.39, 0.29) is 36.3 Å². The van der Waals surface area contributed by atoms with Crippen LogP contribution in [0.15, 0.2) is 0 Å². The van der Waals surface area contributed by atoms with Gasteiger partial charge in [0, 0.05) is 24.8 Å². The molecule has 0 spiro atoms. The number of hydrogen-bond donors (Lipinski definition) is 2. The van der Waals surface area contributed by atoms with E-state index in [1.165, 1.54) is 0 Å². The Balaban J connectivity index is 0.00000220. The second-order valence-corrected chi connectivity index (χ2v) is 6.71. The van der Waals surface area contributed by atoms with E-state index in [9.17, 15) is 9.59 Å². The molecule has 0 aliphatic carbocycles. The smallest absolute Gasteiger partial charge is 0.243 e. The molecule has 2 saturated heterocycles. The summed E-state index contributed by atoms with van der Waals surface area (Å²) in [7, 11) is 0. The van der Waals surface area contributed by atoms with Gasteiger partial charge in [0.25, 0.3) is 0 Å². The molecule has 2 N–H and O–H groups in total. The lowest BCUT2D eigenvalue weighted by Gasteiger charge is -2.32. The van der Waals surface area contributed by atoms with Crippen molar-refractivity contribution in [3.05, 3.63) is 0 Å². The zero-order valence-electron chi connectivity index (χ0n) is 12.8. The van der Waals surface area contributed by atoms with Crippen molar-refractivity contribution in [1.82, 2.24) is 15.5 Å². The molecule has 2 amide bonds. The number of nitrogens with zero attached hydrogens (tertiary/aromatic N) is 1. The van der Waals surface area contributed by atoms with Gasteiger partial charge >= 0.3 is 0 Å². The average molecular weight is 336 g/mol. The zero-order chi connectivity index (χ0) is 14.5. The van der Waals surface area contributed by atoms with Crippen LogP contribution in [0.1, 0.15) is 33.1 Å². The molecule has 122 valence electrons. The SMILES string of the molecule is CCCC(=O)N1CSCC1C(=O)NC1CNCCC1C.Cl. The third-order valence-electron chi connectivity index (χ3n) is 4.12. The molecule has 2 aliphatic rings. The van der Waals surface area contributed by atoms with Crippen LogP contribution in [-0.2, 0) is 9.59 Å². The first-order chi connectivity index (χ1) is 9.63. The van der Waals surface area contributed by atoms with E-state index in [0.717, 1.165) is 31.7 Å². The second-order valence-electron chi connectivity index (χ2n) is 5.71. The highest BCUT2D eigenvalue weighted by molar-refractivity contribution is 7.99. The number of halogens is 1. The van der Waals surface area contributed by atoms with Crippen LogP contribution < -0.4 is 10.6 Å². The molecule has 2 aliphatic heterocycles. The predicted octanol–water partition coefficient (Wildman–Crippen LogP) is 1.22. The number of nitrogens with one attached hydrogen (secondary N) is 2. The second kappa shape index (κ2) is 8.86. The molecule has 0 bridgehead atoms. The first-order valence-electron chi connectivity index (χ1n) is 7.51. The van der Waals surface area contributed by atoms with Crippen LogP contribution in [-0.4, -0.2) is 53.5 Å². The number of amides is 2. The molecule has 21 heavy (non-hydrogen) atoms. The van der Waals surface area contributed by atoms with Gasteiger partial charge in [-0.25, -0.2) is 0 Å². The van der Waals surface area contributed by atoms with Gasteiger partial charge in [-0.05, 0) is 25.3 Å². The van der Waals surface area contributed by atoms with Gasteiger partial charge in [-0.3, -0.25) is 9.59 Å². The summed E-state index contributed by atoms with van der Waals surface area (Å²) in [5.74, 6) is 1.98. The van der Waals surface area contributed by atoms with E-state index < -0.39 is 0 Å². The van der Waals surface area contributed by atoms with E-state index >= 15 is 0 Å². The van der Waals surface area contributed by atoms with Gasteiger partial charge in [-0.2, -0.15) is 0 Å². The fourth-order valence-corrected chi connectivity index (χ4v) is 3.91. The Morgan fingerprint density at radius 3 is 2.86 bits per heavy atom. The number of piperidine rings is 1. The number of carbonyl (C=O) groups is 2. The normalized spacial score (nSPS) is 28.9. The minimum atomic E-state index is -0.284. The maximum absolute atomic E-state index is 12.4. The average Bonchev–Trinajstić information content (AvgIpc) is 2.91. The van der Waals surface area contributed by atoms with Crippen LogP contribution in [0.4, 0.5) is 0 Å². The first-order valence-corrected chi connectivity index (χ1v) is 8.67. The molecule has 0 saturated carbocycles. The number of rotatable bonds is 4. The summed E-state index contributed by atoms with van der Waals surface area (Å²) in [5.41, 5.74) is 0. The van der Waals surface area contributed by atoms with Crippen LogP contribution in [0.25, 0.3) is 0 Å². The Labute approximate surface area is 137 Å². The summed E-state index contributed by atoms with van der Waals surface area (Å²) >= 11 is 1.66.